The van der Waals surface area contributed by atoms with Crippen LogP contribution in [-0.2, 0) is 10.0 Å². The van der Waals surface area contributed by atoms with Crippen LogP contribution in [0, 0.1) is 0 Å². The minimum Gasteiger partial charge on any atom is -0.318 e. The highest BCUT2D eigenvalue weighted by molar-refractivity contribution is 7.88. The third-order valence-corrected chi connectivity index (χ3v) is 4.92. The number of hydrogen-bond donors (Lipinski definition) is 0. The van der Waals surface area contributed by atoms with E-state index in [4.69, 9.17) is 11.6 Å². The molecule has 0 aromatic carbocycles. The number of likely N-dealkylation sites (N-methyl/N-ethyl adjacent to an activating group) is 1. The van der Waals surface area contributed by atoms with Gasteiger partial charge in [0, 0.05) is 24.7 Å². The number of hydrogen-bond acceptors (Lipinski definition) is 5. The van der Waals surface area contributed by atoms with Gasteiger partial charge in [-0.15, -0.1) is 5.10 Å². The van der Waals surface area contributed by atoms with Crippen molar-refractivity contribution in [3.05, 3.63) is 17.9 Å². The van der Waals surface area contributed by atoms with Crippen LogP contribution in [0.3, 0.4) is 0 Å². The van der Waals surface area contributed by atoms with E-state index in [1.807, 2.05) is 0 Å². The van der Waals surface area contributed by atoms with Gasteiger partial charge in [-0.3, -0.25) is 0 Å². The van der Waals surface area contributed by atoms with Gasteiger partial charge < -0.3 is 4.90 Å². The fourth-order valence-electron chi connectivity index (χ4n) is 1.80. The minimum absolute atomic E-state index is 0.148. The zero-order valence-electron chi connectivity index (χ0n) is 12.9. The maximum absolute atomic E-state index is 12.3. The van der Waals surface area contributed by atoms with Gasteiger partial charge in [-0.05, 0) is 6.92 Å². The highest BCUT2D eigenvalue weighted by Gasteiger charge is 2.27. The third kappa shape index (κ3) is 4.05. The normalized spacial score (nSPS) is 11.7. The molecule has 1 aromatic rings. The van der Waals surface area contributed by atoms with Gasteiger partial charge in [-0.1, -0.05) is 32.0 Å². The minimum atomic E-state index is -3.79. The highest BCUT2D eigenvalue weighted by atomic mass is 35.5. The first-order valence-electron chi connectivity index (χ1n) is 6.82. The number of halogens is 1. The molecule has 0 saturated heterocycles. The predicted octanol–water partition coefficient (Wildman–Crippen LogP) is 1.35. The summed E-state index contributed by atoms with van der Waals surface area (Å²) in [5, 5.41) is 3.69. The number of carbonyl (C=O) groups is 1. The second-order valence-corrected chi connectivity index (χ2v) is 6.74. The van der Waals surface area contributed by atoms with Gasteiger partial charge in [0.15, 0.2) is 0 Å². The molecule has 0 radical (unpaired) electrons. The monoisotopic (exact) mass is 349 g/mol. The first-order valence-corrected chi connectivity index (χ1v) is 8.64. The summed E-state index contributed by atoms with van der Waals surface area (Å²) >= 11 is 5.70. The molecule has 0 aliphatic heterocycles. The molecule has 0 N–H and O–H groups in total. The Labute approximate surface area is 135 Å². The van der Waals surface area contributed by atoms with E-state index in [0.29, 0.717) is 24.7 Å². The fraction of sp³-hybridized carbons (Fsp3) is 0.583. The summed E-state index contributed by atoms with van der Waals surface area (Å²) in [7, 11) is -3.79. The molecule has 0 saturated carbocycles. The van der Waals surface area contributed by atoms with Gasteiger partial charge in [0.25, 0.3) is 15.2 Å². The summed E-state index contributed by atoms with van der Waals surface area (Å²) in [5.41, 5.74) is 0. The van der Waals surface area contributed by atoms with Crippen LogP contribution in [0.25, 0.3) is 0 Å². The summed E-state index contributed by atoms with van der Waals surface area (Å²) in [5.74, 6) is 0. The molecule has 1 amide bonds. The van der Waals surface area contributed by atoms with Crippen LogP contribution in [0.15, 0.2) is 23.1 Å². The molecule has 1 aromatic heterocycles. The number of carbonyl (C=O) groups excluding carboxylic acids is 1. The Morgan fingerprint density at radius 1 is 1.32 bits per heavy atom. The van der Waals surface area contributed by atoms with Crippen LogP contribution in [-0.4, -0.2) is 64.6 Å². The van der Waals surface area contributed by atoms with E-state index < -0.39 is 21.2 Å². The predicted molar refractivity (Wildman–Crippen MR) is 83.2 cm³/mol. The van der Waals surface area contributed by atoms with Gasteiger partial charge in [0.1, 0.15) is 6.33 Å². The van der Waals surface area contributed by atoms with Crippen LogP contribution < -0.4 is 0 Å². The average molecular weight is 350 g/mol. The van der Waals surface area contributed by atoms with E-state index in [2.05, 4.69) is 16.7 Å². The Balaban J connectivity index is 3.05. The van der Waals surface area contributed by atoms with Crippen LogP contribution in [0.2, 0.25) is 0 Å². The second kappa shape index (κ2) is 7.70. The lowest BCUT2D eigenvalue weighted by Gasteiger charge is -2.19. The number of rotatable bonds is 7. The molecule has 0 bridgehead atoms. The van der Waals surface area contributed by atoms with E-state index in [0.717, 1.165) is 11.0 Å². The number of aromatic nitrogens is 3. The largest absolute Gasteiger partial charge is 0.346 e. The molecule has 0 fully saturated rings. The van der Waals surface area contributed by atoms with Crippen molar-refractivity contribution in [2.45, 2.75) is 25.9 Å². The van der Waals surface area contributed by atoms with Crippen molar-refractivity contribution in [1.82, 2.24) is 24.0 Å². The van der Waals surface area contributed by atoms with E-state index in [-0.39, 0.29) is 6.54 Å². The smallest absolute Gasteiger partial charge is 0.318 e. The van der Waals surface area contributed by atoms with Gasteiger partial charge in [0.05, 0.1) is 6.54 Å². The zero-order valence-corrected chi connectivity index (χ0v) is 14.4. The summed E-state index contributed by atoms with van der Waals surface area (Å²) in [6, 6.07) is -0.516. The number of sulfonamides is 1. The lowest BCUT2D eigenvalue weighted by molar-refractivity contribution is 0.203. The van der Waals surface area contributed by atoms with Crippen molar-refractivity contribution >= 4 is 27.7 Å². The van der Waals surface area contributed by atoms with Crippen molar-refractivity contribution in [2.75, 3.05) is 26.2 Å². The molecule has 10 heteroatoms. The quantitative estimate of drug-likeness (QED) is 0.741. The molecule has 0 unspecified atom stereocenters. The van der Waals surface area contributed by atoms with E-state index in [1.165, 1.54) is 9.21 Å². The van der Waals surface area contributed by atoms with E-state index >= 15 is 0 Å². The Morgan fingerprint density at radius 3 is 2.36 bits per heavy atom. The second-order valence-electron chi connectivity index (χ2n) is 4.38. The molecular formula is C12H20ClN5O3S. The highest BCUT2D eigenvalue weighted by Crippen LogP contribution is 2.11. The molecule has 1 heterocycles. The Morgan fingerprint density at radius 2 is 1.91 bits per heavy atom. The van der Waals surface area contributed by atoms with Gasteiger partial charge in [0.2, 0.25) is 0 Å². The Hall–Kier alpha value is -1.45. The van der Waals surface area contributed by atoms with Gasteiger partial charge in [-0.2, -0.15) is 8.99 Å². The van der Waals surface area contributed by atoms with Crippen molar-refractivity contribution in [3.8, 4) is 0 Å². The summed E-state index contributed by atoms with van der Waals surface area (Å²) in [6.45, 7) is 9.86. The van der Waals surface area contributed by atoms with Crippen molar-refractivity contribution in [1.29, 1.82) is 0 Å². The van der Waals surface area contributed by atoms with Crippen LogP contribution >= 0.6 is 11.6 Å². The van der Waals surface area contributed by atoms with E-state index in [1.54, 1.807) is 20.8 Å². The molecule has 1 rings (SSSR count). The Bertz CT molecular complexity index is 639. The maximum Gasteiger partial charge on any atom is 0.346 e. The molecule has 0 atom stereocenters. The molecule has 0 spiro atoms. The molecule has 0 aliphatic carbocycles. The molecule has 0 aliphatic rings. The van der Waals surface area contributed by atoms with E-state index in [9.17, 15) is 13.2 Å². The van der Waals surface area contributed by atoms with Crippen molar-refractivity contribution in [2.24, 2.45) is 0 Å². The molecule has 124 valence electrons. The lowest BCUT2D eigenvalue weighted by Crippen LogP contribution is -2.36. The lowest BCUT2D eigenvalue weighted by atomic mass is 10.5. The van der Waals surface area contributed by atoms with Crippen molar-refractivity contribution < 1.29 is 13.2 Å². The third-order valence-electron chi connectivity index (χ3n) is 2.96. The Kier molecular flexibility index (Phi) is 6.51. The van der Waals surface area contributed by atoms with Crippen molar-refractivity contribution in [3.63, 3.8) is 0 Å². The summed E-state index contributed by atoms with van der Waals surface area (Å²) < 4.78 is 26.7. The number of amides is 1. The zero-order chi connectivity index (χ0) is 16.9. The molecule has 8 nitrogen and oxygen atoms in total. The fourth-order valence-corrected chi connectivity index (χ4v) is 3.23. The van der Waals surface area contributed by atoms with Gasteiger partial charge >= 0.3 is 6.03 Å². The molecular weight excluding hydrogens is 330 g/mol. The summed E-state index contributed by atoms with van der Waals surface area (Å²) in [6.07, 6.45) is 1.08. The first kappa shape index (κ1) is 18.6. The average Bonchev–Trinajstić information content (AvgIpc) is 2.95. The standard InChI is InChI=1S/C12H20ClN5O3S/c1-5-16(8-10(4)13)12(19)18-9-14-11(15-18)22(20,21)17(6-2)7-3/h9H,4-8H2,1-3H3. The first-order chi connectivity index (χ1) is 10.3. The van der Waals surface area contributed by atoms with Crippen LogP contribution in [0.4, 0.5) is 4.79 Å². The van der Waals surface area contributed by atoms with Crippen LogP contribution in [0.5, 0.6) is 0 Å². The summed E-state index contributed by atoms with van der Waals surface area (Å²) in [4.78, 5) is 17.4. The SMILES string of the molecule is C=C(Cl)CN(CC)C(=O)n1cnc(S(=O)(=O)N(CC)CC)n1. The number of nitrogens with zero attached hydrogens (tertiary/aromatic N) is 5. The molecule has 22 heavy (non-hydrogen) atoms. The van der Waals surface area contributed by atoms with Gasteiger partial charge in [-0.25, -0.2) is 18.2 Å². The topological polar surface area (TPSA) is 88.4 Å². The maximum atomic E-state index is 12.3. The van der Waals surface area contributed by atoms with Crippen LogP contribution in [0.1, 0.15) is 20.8 Å².